The highest BCUT2D eigenvalue weighted by Gasteiger charge is 2.33. The number of unbranched alkanes of at least 4 members (excludes halogenated alkanes) is 1. The summed E-state index contributed by atoms with van der Waals surface area (Å²) in [7, 11) is 1.51. The van der Waals surface area contributed by atoms with Crippen molar-refractivity contribution in [2.24, 2.45) is 5.92 Å². The summed E-state index contributed by atoms with van der Waals surface area (Å²) in [4.78, 5) is 17.4. The van der Waals surface area contributed by atoms with Crippen LogP contribution in [0.3, 0.4) is 0 Å². The van der Waals surface area contributed by atoms with Gasteiger partial charge >= 0.3 is 0 Å². The number of carbonyl (C=O) groups is 1. The van der Waals surface area contributed by atoms with E-state index in [1.165, 1.54) is 36.0 Å². The Morgan fingerprint density at radius 3 is 2.89 bits per heavy atom. The summed E-state index contributed by atoms with van der Waals surface area (Å²) in [6.45, 7) is 3.44. The number of aromatic nitrogens is 1. The summed E-state index contributed by atoms with van der Waals surface area (Å²) in [6, 6.07) is 11.1. The number of allylic oxidation sites excluding steroid dienone is 2. The molecule has 3 aromatic rings. The van der Waals surface area contributed by atoms with Crippen molar-refractivity contribution in [1.29, 1.82) is 0 Å². The van der Waals surface area contributed by atoms with Gasteiger partial charge in [0.2, 0.25) is 5.91 Å². The molecule has 1 aromatic heterocycles. The number of fused-ring (bicyclic) bond motifs is 5. The predicted molar refractivity (Wildman–Crippen MR) is 149 cm³/mol. The number of ether oxygens (including phenoxy) is 1. The van der Waals surface area contributed by atoms with Crippen LogP contribution >= 0.6 is 11.6 Å². The maximum absolute atomic E-state index is 12.4. The zero-order valence-corrected chi connectivity index (χ0v) is 22.2. The van der Waals surface area contributed by atoms with E-state index < -0.39 is 0 Å². The second kappa shape index (κ2) is 11.0. The first-order valence-electron chi connectivity index (χ1n) is 13.1. The van der Waals surface area contributed by atoms with E-state index in [9.17, 15) is 9.90 Å². The summed E-state index contributed by atoms with van der Waals surface area (Å²) in [6.07, 6.45) is 7.84. The molecule has 2 aliphatic carbocycles. The Morgan fingerprint density at radius 1 is 1.19 bits per heavy atom. The van der Waals surface area contributed by atoms with E-state index >= 15 is 0 Å². The highest BCUT2D eigenvalue weighted by atomic mass is 35.5. The van der Waals surface area contributed by atoms with Crippen molar-refractivity contribution in [3.05, 3.63) is 69.9 Å². The molecule has 7 heteroatoms. The summed E-state index contributed by atoms with van der Waals surface area (Å²) in [5, 5.41) is 18.2. The molecule has 37 heavy (non-hydrogen) atoms. The predicted octanol–water partition coefficient (Wildman–Crippen LogP) is 6.50. The average molecular weight is 520 g/mol. The molecule has 0 aliphatic heterocycles. The van der Waals surface area contributed by atoms with Gasteiger partial charge in [-0.2, -0.15) is 0 Å². The lowest BCUT2D eigenvalue weighted by molar-refractivity contribution is -0.121. The molecule has 0 radical (unpaired) electrons. The maximum Gasteiger partial charge on any atom is 0.220 e. The number of aromatic hydroxyl groups is 1. The molecule has 0 saturated heterocycles. The van der Waals surface area contributed by atoms with Crippen LogP contribution in [0.25, 0.3) is 10.9 Å². The summed E-state index contributed by atoms with van der Waals surface area (Å²) < 4.78 is 5.13. The third-order valence-corrected chi connectivity index (χ3v) is 7.71. The third kappa shape index (κ3) is 5.69. The SMILES string of the molecule is COc1cc(CNC(=O)CCCCNc2c3c(nc4cc(Cl)ccc24)CC2C=C(C)CC3C2)ccc1O. The van der Waals surface area contributed by atoms with Gasteiger partial charge in [-0.05, 0) is 86.8 Å². The van der Waals surface area contributed by atoms with Crippen molar-refractivity contribution in [2.45, 2.75) is 57.9 Å². The molecule has 1 amide bonds. The number of hydrogen-bond acceptors (Lipinski definition) is 5. The van der Waals surface area contributed by atoms with Crippen LogP contribution in [0.5, 0.6) is 11.5 Å². The van der Waals surface area contributed by atoms with Crippen molar-refractivity contribution in [1.82, 2.24) is 10.3 Å². The van der Waals surface area contributed by atoms with Crippen molar-refractivity contribution in [3.8, 4) is 11.5 Å². The molecule has 2 aliphatic rings. The van der Waals surface area contributed by atoms with Crippen molar-refractivity contribution in [3.63, 3.8) is 0 Å². The van der Waals surface area contributed by atoms with Crippen LogP contribution in [-0.2, 0) is 17.8 Å². The molecular formula is C30H34ClN3O3. The van der Waals surface area contributed by atoms with Gasteiger partial charge in [0.1, 0.15) is 0 Å². The minimum absolute atomic E-state index is 0.0175. The van der Waals surface area contributed by atoms with E-state index in [0.29, 0.717) is 35.6 Å². The van der Waals surface area contributed by atoms with Crippen LogP contribution in [0.15, 0.2) is 48.0 Å². The standard InChI is InChI=1S/C30H34ClN3O3/c1-18-11-20-13-21(12-18)29-25(14-20)34-24-16-22(31)7-8-23(24)30(29)32-10-4-3-5-28(36)33-17-19-6-9-26(35)27(15-19)37-2/h6-9,11,15-16,20-21,35H,3-5,10,12-14,17H2,1-2H3,(H,32,34)(H,33,36). The summed E-state index contributed by atoms with van der Waals surface area (Å²) in [5.74, 6) is 1.58. The number of halogens is 1. The first-order chi connectivity index (χ1) is 17.9. The van der Waals surface area contributed by atoms with Crippen molar-refractivity contribution < 1.29 is 14.6 Å². The number of anilines is 1. The van der Waals surface area contributed by atoms with E-state index in [0.717, 1.165) is 48.7 Å². The number of carbonyl (C=O) groups excluding carboxylic acids is 1. The molecule has 6 nitrogen and oxygen atoms in total. The fraction of sp³-hybridized carbons (Fsp3) is 0.400. The number of benzene rings is 2. The molecule has 194 valence electrons. The van der Waals surface area contributed by atoms with Gasteiger partial charge in [0.05, 0.1) is 12.6 Å². The van der Waals surface area contributed by atoms with Crippen molar-refractivity contribution in [2.75, 3.05) is 19.0 Å². The maximum atomic E-state index is 12.4. The molecule has 0 spiro atoms. The van der Waals surface area contributed by atoms with Crippen LogP contribution in [0, 0.1) is 5.92 Å². The molecule has 2 aromatic carbocycles. The number of hydrogen-bond donors (Lipinski definition) is 3. The smallest absolute Gasteiger partial charge is 0.220 e. The van der Waals surface area contributed by atoms with Gasteiger partial charge in [0.15, 0.2) is 11.5 Å². The van der Waals surface area contributed by atoms with E-state index in [-0.39, 0.29) is 11.7 Å². The van der Waals surface area contributed by atoms with Gasteiger partial charge in [-0.3, -0.25) is 9.78 Å². The van der Waals surface area contributed by atoms with Crippen LogP contribution in [0.4, 0.5) is 5.69 Å². The molecule has 1 heterocycles. The number of methoxy groups -OCH3 is 1. The highest BCUT2D eigenvalue weighted by molar-refractivity contribution is 6.31. The Hall–Kier alpha value is -3.25. The lowest BCUT2D eigenvalue weighted by Crippen LogP contribution is -2.24. The number of pyridine rings is 1. The van der Waals surface area contributed by atoms with Gasteiger partial charge in [0, 0.05) is 46.9 Å². The van der Waals surface area contributed by atoms with Gasteiger partial charge in [-0.25, -0.2) is 0 Å². The number of nitrogens with zero attached hydrogens (tertiary/aromatic N) is 1. The number of phenolic OH excluding ortho intramolecular Hbond substituents is 1. The first-order valence-corrected chi connectivity index (χ1v) is 13.4. The lowest BCUT2D eigenvalue weighted by Gasteiger charge is -2.36. The largest absolute Gasteiger partial charge is 0.504 e. The first kappa shape index (κ1) is 25.4. The zero-order valence-electron chi connectivity index (χ0n) is 21.4. The molecule has 2 bridgehead atoms. The van der Waals surface area contributed by atoms with E-state index in [2.05, 4.69) is 29.7 Å². The minimum atomic E-state index is 0.0175. The van der Waals surface area contributed by atoms with Gasteiger partial charge in [0.25, 0.3) is 0 Å². The van der Waals surface area contributed by atoms with E-state index in [1.54, 1.807) is 18.2 Å². The monoisotopic (exact) mass is 519 g/mol. The fourth-order valence-corrected chi connectivity index (χ4v) is 5.99. The van der Waals surface area contributed by atoms with Crippen LogP contribution < -0.4 is 15.4 Å². The number of rotatable bonds is 9. The molecular weight excluding hydrogens is 486 g/mol. The van der Waals surface area contributed by atoms with Gasteiger partial charge in [-0.15, -0.1) is 0 Å². The molecule has 2 atom stereocenters. The Balaban J connectivity index is 1.20. The molecule has 5 rings (SSSR count). The quantitative estimate of drug-likeness (QED) is 0.222. The summed E-state index contributed by atoms with van der Waals surface area (Å²) in [5.41, 5.74) is 7.08. The van der Waals surface area contributed by atoms with Crippen LogP contribution in [0.1, 0.15) is 61.8 Å². The average Bonchev–Trinajstić information content (AvgIpc) is 2.86. The Kier molecular flexibility index (Phi) is 7.56. The normalized spacial score (nSPS) is 18.2. The molecule has 0 fully saturated rings. The highest BCUT2D eigenvalue weighted by Crippen LogP contribution is 2.47. The van der Waals surface area contributed by atoms with E-state index in [4.69, 9.17) is 21.3 Å². The molecule has 2 unspecified atom stereocenters. The van der Waals surface area contributed by atoms with Crippen LogP contribution in [-0.4, -0.2) is 29.7 Å². The molecule has 3 N–H and O–H groups in total. The topological polar surface area (TPSA) is 83.5 Å². The lowest BCUT2D eigenvalue weighted by atomic mass is 9.71. The second-order valence-electron chi connectivity index (χ2n) is 10.3. The Labute approximate surface area is 223 Å². The van der Waals surface area contributed by atoms with Crippen molar-refractivity contribution >= 4 is 34.1 Å². The van der Waals surface area contributed by atoms with E-state index in [1.807, 2.05) is 12.1 Å². The summed E-state index contributed by atoms with van der Waals surface area (Å²) >= 11 is 6.31. The number of phenols is 1. The number of amides is 1. The van der Waals surface area contributed by atoms with Gasteiger partial charge in [-0.1, -0.05) is 29.3 Å². The minimum Gasteiger partial charge on any atom is -0.504 e. The second-order valence-corrected chi connectivity index (χ2v) is 10.7. The Morgan fingerprint density at radius 2 is 2.05 bits per heavy atom. The number of nitrogens with one attached hydrogen (secondary N) is 2. The van der Waals surface area contributed by atoms with Crippen LogP contribution in [0.2, 0.25) is 5.02 Å². The fourth-order valence-electron chi connectivity index (χ4n) is 5.82. The third-order valence-electron chi connectivity index (χ3n) is 7.47. The zero-order chi connectivity index (χ0) is 25.9. The molecule has 0 saturated carbocycles. The van der Waals surface area contributed by atoms with Gasteiger partial charge < -0.3 is 20.5 Å². The Bertz CT molecular complexity index is 1350.